The Morgan fingerprint density at radius 3 is 2.90 bits per heavy atom. The predicted molar refractivity (Wildman–Crippen MR) is 103 cm³/mol. The van der Waals surface area contributed by atoms with Gasteiger partial charge in [-0.15, -0.1) is 24.0 Å². The van der Waals surface area contributed by atoms with Crippen LogP contribution in [-0.4, -0.2) is 61.3 Å². The van der Waals surface area contributed by atoms with E-state index >= 15 is 0 Å². The molecule has 2 aliphatic heterocycles. The van der Waals surface area contributed by atoms with Gasteiger partial charge < -0.3 is 15.0 Å². The minimum Gasteiger partial charge on any atom is -0.381 e. The van der Waals surface area contributed by atoms with E-state index in [4.69, 9.17) is 9.73 Å². The van der Waals surface area contributed by atoms with Gasteiger partial charge in [0.05, 0.1) is 6.61 Å². The first-order chi connectivity index (χ1) is 9.70. The third-order valence-corrected chi connectivity index (χ3v) is 5.53. The summed E-state index contributed by atoms with van der Waals surface area (Å²) in [7, 11) is 0. The smallest absolute Gasteiger partial charge is 0.193 e. The highest BCUT2D eigenvalue weighted by molar-refractivity contribution is 14.0. The number of ether oxygens (including phenoxy) is 1. The maximum absolute atomic E-state index is 5.44. The number of halogens is 1. The molecule has 0 spiro atoms. The highest BCUT2D eigenvalue weighted by Crippen LogP contribution is 2.25. The van der Waals surface area contributed by atoms with Gasteiger partial charge in [-0.1, -0.05) is 13.8 Å². The zero-order valence-corrected chi connectivity index (χ0v) is 16.7. The summed E-state index contributed by atoms with van der Waals surface area (Å²) >= 11 is 2.11. The SMILES string of the molecule is CCNC(=NCC1CCOC1)N1CCSC(C(C)C)C1.I. The van der Waals surface area contributed by atoms with E-state index in [-0.39, 0.29) is 24.0 Å². The fourth-order valence-corrected chi connectivity index (χ4v) is 3.94. The molecule has 2 atom stereocenters. The van der Waals surface area contributed by atoms with Crippen LogP contribution in [0.25, 0.3) is 0 Å². The number of guanidine groups is 1. The van der Waals surface area contributed by atoms with Crippen molar-refractivity contribution in [3.63, 3.8) is 0 Å². The molecule has 21 heavy (non-hydrogen) atoms. The highest BCUT2D eigenvalue weighted by Gasteiger charge is 2.25. The van der Waals surface area contributed by atoms with Crippen LogP contribution in [0.5, 0.6) is 0 Å². The topological polar surface area (TPSA) is 36.9 Å². The zero-order valence-electron chi connectivity index (χ0n) is 13.5. The van der Waals surface area contributed by atoms with Crippen LogP contribution >= 0.6 is 35.7 Å². The molecule has 124 valence electrons. The summed E-state index contributed by atoms with van der Waals surface area (Å²) in [6.45, 7) is 12.7. The Balaban J connectivity index is 0.00000220. The fourth-order valence-electron chi connectivity index (χ4n) is 2.64. The average molecular weight is 427 g/mol. The lowest BCUT2D eigenvalue weighted by atomic mass is 10.1. The minimum absolute atomic E-state index is 0. The molecular formula is C15H30IN3OS. The van der Waals surface area contributed by atoms with Crippen molar-refractivity contribution in [2.45, 2.75) is 32.4 Å². The van der Waals surface area contributed by atoms with E-state index < -0.39 is 0 Å². The summed E-state index contributed by atoms with van der Waals surface area (Å²) in [4.78, 5) is 7.30. The van der Waals surface area contributed by atoms with E-state index in [0.717, 1.165) is 62.9 Å². The van der Waals surface area contributed by atoms with Crippen LogP contribution in [0.4, 0.5) is 0 Å². The second-order valence-electron chi connectivity index (χ2n) is 6.02. The second-order valence-corrected chi connectivity index (χ2v) is 7.37. The summed E-state index contributed by atoms with van der Waals surface area (Å²) in [5.41, 5.74) is 0. The third kappa shape index (κ3) is 6.14. The van der Waals surface area contributed by atoms with E-state index in [1.165, 1.54) is 5.75 Å². The largest absolute Gasteiger partial charge is 0.381 e. The molecule has 0 bridgehead atoms. The number of nitrogens with one attached hydrogen (secondary N) is 1. The van der Waals surface area contributed by atoms with Crippen LogP contribution in [0.15, 0.2) is 4.99 Å². The first-order valence-electron chi connectivity index (χ1n) is 7.93. The standard InChI is InChI=1S/C15H29N3OS.HI/c1-4-16-15(17-9-13-5-7-19-11-13)18-6-8-20-14(10-18)12(2)3;/h12-14H,4-11H2,1-3H3,(H,16,17);1H. The molecular weight excluding hydrogens is 397 g/mol. The van der Waals surface area contributed by atoms with Crippen LogP contribution in [-0.2, 0) is 4.74 Å². The Bertz CT molecular complexity index is 322. The van der Waals surface area contributed by atoms with Gasteiger partial charge in [-0.05, 0) is 19.3 Å². The molecule has 2 saturated heterocycles. The summed E-state index contributed by atoms with van der Waals surface area (Å²) in [5, 5.41) is 4.19. The van der Waals surface area contributed by atoms with E-state index in [0.29, 0.717) is 5.92 Å². The maximum atomic E-state index is 5.44. The van der Waals surface area contributed by atoms with Crippen molar-refractivity contribution in [2.24, 2.45) is 16.8 Å². The van der Waals surface area contributed by atoms with Gasteiger partial charge >= 0.3 is 0 Å². The van der Waals surface area contributed by atoms with Crippen molar-refractivity contribution < 1.29 is 4.74 Å². The summed E-state index contributed by atoms with van der Waals surface area (Å²) in [6, 6.07) is 0. The summed E-state index contributed by atoms with van der Waals surface area (Å²) < 4.78 is 5.44. The minimum atomic E-state index is 0. The van der Waals surface area contributed by atoms with E-state index in [2.05, 4.69) is 42.7 Å². The molecule has 0 aromatic rings. The van der Waals surface area contributed by atoms with Gasteiger partial charge in [0.2, 0.25) is 0 Å². The molecule has 0 aromatic heterocycles. The van der Waals surface area contributed by atoms with Crippen molar-refractivity contribution in [2.75, 3.05) is 45.1 Å². The van der Waals surface area contributed by atoms with Crippen LogP contribution in [0.2, 0.25) is 0 Å². The number of rotatable bonds is 4. The number of hydrogen-bond donors (Lipinski definition) is 1. The average Bonchev–Trinajstić information content (AvgIpc) is 2.97. The lowest BCUT2D eigenvalue weighted by Crippen LogP contribution is -2.49. The lowest BCUT2D eigenvalue weighted by molar-refractivity contribution is 0.187. The molecule has 0 aromatic carbocycles. The Morgan fingerprint density at radius 1 is 1.48 bits per heavy atom. The van der Waals surface area contributed by atoms with Crippen molar-refractivity contribution in [1.29, 1.82) is 0 Å². The molecule has 2 rings (SSSR count). The second kappa shape index (κ2) is 10.2. The molecule has 1 N–H and O–H groups in total. The van der Waals surface area contributed by atoms with Gasteiger partial charge in [-0.3, -0.25) is 4.99 Å². The third-order valence-electron chi connectivity index (χ3n) is 3.99. The Morgan fingerprint density at radius 2 is 2.29 bits per heavy atom. The van der Waals surface area contributed by atoms with Gasteiger partial charge in [-0.2, -0.15) is 11.8 Å². The van der Waals surface area contributed by atoms with E-state index in [1.54, 1.807) is 0 Å². The van der Waals surface area contributed by atoms with Crippen molar-refractivity contribution in [1.82, 2.24) is 10.2 Å². The lowest BCUT2D eigenvalue weighted by Gasteiger charge is -2.36. The van der Waals surface area contributed by atoms with Crippen LogP contribution < -0.4 is 5.32 Å². The highest BCUT2D eigenvalue weighted by atomic mass is 127. The number of aliphatic imine (C=N–C) groups is 1. The van der Waals surface area contributed by atoms with Crippen LogP contribution in [0, 0.1) is 11.8 Å². The molecule has 2 unspecified atom stereocenters. The van der Waals surface area contributed by atoms with E-state index in [1.807, 2.05) is 0 Å². The van der Waals surface area contributed by atoms with Gasteiger partial charge in [0, 0.05) is 49.7 Å². The molecule has 0 aliphatic carbocycles. The monoisotopic (exact) mass is 427 g/mol. The van der Waals surface area contributed by atoms with Crippen LogP contribution in [0.3, 0.4) is 0 Å². The molecule has 6 heteroatoms. The Kier molecular flexibility index (Phi) is 9.36. The molecule has 2 fully saturated rings. The van der Waals surface area contributed by atoms with Gasteiger partial charge in [0.1, 0.15) is 0 Å². The number of hydrogen-bond acceptors (Lipinski definition) is 3. The molecule has 4 nitrogen and oxygen atoms in total. The summed E-state index contributed by atoms with van der Waals surface area (Å²) in [6.07, 6.45) is 1.16. The Hall–Kier alpha value is 0.310. The van der Waals surface area contributed by atoms with Crippen molar-refractivity contribution >= 4 is 41.7 Å². The number of thioether (sulfide) groups is 1. The maximum Gasteiger partial charge on any atom is 0.193 e. The zero-order chi connectivity index (χ0) is 14.4. The van der Waals surface area contributed by atoms with Crippen molar-refractivity contribution in [3.05, 3.63) is 0 Å². The van der Waals surface area contributed by atoms with Gasteiger partial charge in [-0.25, -0.2) is 0 Å². The van der Waals surface area contributed by atoms with E-state index in [9.17, 15) is 0 Å². The van der Waals surface area contributed by atoms with Gasteiger partial charge in [0.25, 0.3) is 0 Å². The first-order valence-corrected chi connectivity index (χ1v) is 8.98. The first kappa shape index (κ1) is 19.4. The molecule has 2 aliphatic rings. The summed E-state index contributed by atoms with van der Waals surface area (Å²) in [5.74, 6) is 3.66. The normalized spacial score (nSPS) is 26.9. The van der Waals surface area contributed by atoms with Gasteiger partial charge in [0.15, 0.2) is 5.96 Å². The quantitative estimate of drug-likeness (QED) is 0.425. The van der Waals surface area contributed by atoms with Crippen molar-refractivity contribution in [3.8, 4) is 0 Å². The number of nitrogens with zero attached hydrogens (tertiary/aromatic N) is 2. The molecule has 0 radical (unpaired) electrons. The van der Waals surface area contributed by atoms with Crippen LogP contribution in [0.1, 0.15) is 27.2 Å². The fraction of sp³-hybridized carbons (Fsp3) is 0.933. The molecule has 0 amide bonds. The predicted octanol–water partition coefficient (Wildman–Crippen LogP) is 2.68. The Labute approximate surface area is 150 Å². The molecule has 2 heterocycles. The molecule has 0 saturated carbocycles.